The smallest absolute Gasteiger partial charge is 0.303 e. The zero-order valence-electron chi connectivity index (χ0n) is 14.0. The number of carbonyl (C=O) groups is 1. The molecule has 1 saturated heterocycles. The van der Waals surface area contributed by atoms with Gasteiger partial charge in [-0.2, -0.15) is 0 Å². The van der Waals surface area contributed by atoms with E-state index in [1.54, 1.807) is 0 Å². The van der Waals surface area contributed by atoms with E-state index in [2.05, 4.69) is 60.4 Å². The molecule has 0 aromatic heterocycles. The number of esters is 1. The van der Waals surface area contributed by atoms with E-state index in [0.717, 1.165) is 25.1 Å². The minimum Gasteiger partial charge on any atom is -1.00 e. The minimum atomic E-state index is -0.577. The fraction of sp³-hybridized carbons (Fsp3) is 0.350. The molecule has 1 fully saturated rings. The summed E-state index contributed by atoms with van der Waals surface area (Å²) in [6.07, 6.45) is 1.01. The highest BCUT2D eigenvalue weighted by atomic mass is 35.5. The molecule has 0 saturated carbocycles. The number of fused-ring (bicyclic) bond motifs is 2. The lowest BCUT2D eigenvalue weighted by atomic mass is 9.69. The van der Waals surface area contributed by atoms with Gasteiger partial charge in [0.05, 0.1) is 6.54 Å². The molecule has 3 aliphatic heterocycles. The molecule has 3 heterocycles. The third-order valence-electron chi connectivity index (χ3n) is 5.20. The summed E-state index contributed by atoms with van der Waals surface area (Å²) in [6.45, 7) is 5.35. The lowest BCUT2D eigenvalue weighted by molar-refractivity contribution is -0.162. The Morgan fingerprint density at radius 2 is 1.88 bits per heavy atom. The minimum absolute atomic E-state index is 0. The van der Waals surface area contributed by atoms with Gasteiger partial charge in [-0.15, -0.1) is 0 Å². The summed E-state index contributed by atoms with van der Waals surface area (Å²) in [7, 11) is 0. The van der Waals surface area contributed by atoms with Crippen LogP contribution in [0.15, 0.2) is 48.5 Å². The highest BCUT2D eigenvalue weighted by Crippen LogP contribution is 2.53. The lowest BCUT2D eigenvalue weighted by Gasteiger charge is -2.53. The zero-order chi connectivity index (χ0) is 16.0. The van der Waals surface area contributed by atoms with Gasteiger partial charge in [0, 0.05) is 25.1 Å². The van der Waals surface area contributed by atoms with Crippen LogP contribution in [-0.4, -0.2) is 19.1 Å². The van der Waals surface area contributed by atoms with Gasteiger partial charge in [0.25, 0.3) is 0 Å². The summed E-state index contributed by atoms with van der Waals surface area (Å²) in [6, 6.07) is 16.9. The number of piperidine rings is 1. The van der Waals surface area contributed by atoms with Gasteiger partial charge >= 0.3 is 5.97 Å². The number of halogens is 1. The monoisotopic (exact) mass is 342 g/mol. The number of carbonyl (C=O) groups excluding carboxylic acids is 1. The average molecular weight is 343 g/mol. The summed E-state index contributed by atoms with van der Waals surface area (Å²) in [5.41, 5.74) is 4.33. The Bertz CT molecular complexity index is 758. The molecule has 126 valence electrons. The predicted octanol–water partition coefficient (Wildman–Crippen LogP) is 0.765. The molecular formula is C20H21ClNO2-. The summed E-state index contributed by atoms with van der Waals surface area (Å²) in [5, 5.41) is 0. The molecule has 3 nitrogen and oxygen atoms in total. The van der Waals surface area contributed by atoms with Gasteiger partial charge in [0.2, 0.25) is 0 Å². The highest BCUT2D eigenvalue weighted by molar-refractivity contribution is 5.69. The normalized spacial score (nSPS) is 24.1. The van der Waals surface area contributed by atoms with Crippen LogP contribution in [0.1, 0.15) is 36.0 Å². The molecule has 0 N–H and O–H groups in total. The van der Waals surface area contributed by atoms with Gasteiger partial charge in [-0.25, -0.2) is 0 Å². The second-order valence-electron chi connectivity index (χ2n) is 6.67. The number of rotatable bonds is 2. The van der Waals surface area contributed by atoms with Crippen molar-refractivity contribution >= 4 is 11.7 Å². The molecule has 2 aromatic carbocycles. The Morgan fingerprint density at radius 3 is 2.58 bits per heavy atom. The van der Waals surface area contributed by atoms with E-state index in [0.29, 0.717) is 0 Å². The number of hydrogen-bond acceptors (Lipinski definition) is 3. The molecule has 4 heteroatoms. The summed E-state index contributed by atoms with van der Waals surface area (Å²) >= 11 is 0. The molecule has 2 atom stereocenters. The van der Waals surface area contributed by atoms with Gasteiger partial charge < -0.3 is 22.0 Å². The zero-order valence-corrected chi connectivity index (χ0v) is 14.7. The van der Waals surface area contributed by atoms with Crippen molar-refractivity contribution in [3.8, 4) is 0 Å². The highest BCUT2D eigenvalue weighted by Gasteiger charge is 2.52. The Morgan fingerprint density at radius 1 is 1.17 bits per heavy atom. The SMILES string of the molecule is CC(=O)OC1(c2ccc(C)cc2)CN2CCC1c1ccccc12.[Cl-]. The molecule has 0 spiro atoms. The van der Waals surface area contributed by atoms with Crippen molar-refractivity contribution < 1.29 is 21.9 Å². The maximum absolute atomic E-state index is 11.9. The van der Waals surface area contributed by atoms with Crippen molar-refractivity contribution in [2.24, 2.45) is 0 Å². The van der Waals surface area contributed by atoms with E-state index in [1.807, 2.05) is 0 Å². The largest absolute Gasteiger partial charge is 1.00 e. The van der Waals surface area contributed by atoms with Crippen LogP contribution < -0.4 is 17.3 Å². The third kappa shape index (κ3) is 2.48. The number of para-hydroxylation sites is 1. The summed E-state index contributed by atoms with van der Waals surface area (Å²) in [5.74, 6) is 0.00659. The van der Waals surface area contributed by atoms with E-state index in [1.165, 1.54) is 23.7 Å². The Hall–Kier alpha value is -2.00. The molecule has 3 aliphatic rings. The molecule has 2 bridgehead atoms. The van der Waals surface area contributed by atoms with Crippen LogP contribution in [0.4, 0.5) is 5.69 Å². The molecule has 0 radical (unpaired) electrons. The lowest BCUT2D eigenvalue weighted by Crippen LogP contribution is -3.00. The van der Waals surface area contributed by atoms with Gasteiger partial charge in [-0.1, -0.05) is 48.0 Å². The number of anilines is 1. The van der Waals surface area contributed by atoms with Gasteiger partial charge in [0.1, 0.15) is 0 Å². The quantitative estimate of drug-likeness (QED) is 0.755. The van der Waals surface area contributed by atoms with E-state index in [-0.39, 0.29) is 24.3 Å². The second kappa shape index (κ2) is 6.14. The van der Waals surface area contributed by atoms with Crippen LogP contribution in [0.25, 0.3) is 0 Å². The van der Waals surface area contributed by atoms with Crippen molar-refractivity contribution in [2.45, 2.75) is 31.8 Å². The van der Waals surface area contributed by atoms with Crippen LogP contribution in [-0.2, 0) is 15.1 Å². The Balaban J connectivity index is 0.00000169. The Kier molecular flexibility index (Phi) is 4.31. The van der Waals surface area contributed by atoms with Crippen molar-refractivity contribution in [2.75, 3.05) is 18.0 Å². The summed E-state index contributed by atoms with van der Waals surface area (Å²) < 4.78 is 6.01. The number of benzene rings is 2. The maximum atomic E-state index is 11.9. The number of ether oxygens (including phenoxy) is 1. The van der Waals surface area contributed by atoms with Gasteiger partial charge in [-0.3, -0.25) is 4.79 Å². The van der Waals surface area contributed by atoms with Crippen LogP contribution in [0.2, 0.25) is 0 Å². The van der Waals surface area contributed by atoms with E-state index < -0.39 is 5.60 Å². The maximum Gasteiger partial charge on any atom is 0.303 e. The van der Waals surface area contributed by atoms with Gasteiger partial charge in [-0.05, 0) is 30.5 Å². The van der Waals surface area contributed by atoms with Crippen molar-refractivity contribution in [1.82, 2.24) is 0 Å². The predicted molar refractivity (Wildman–Crippen MR) is 90.6 cm³/mol. The van der Waals surface area contributed by atoms with Crippen LogP contribution in [0, 0.1) is 6.92 Å². The van der Waals surface area contributed by atoms with E-state index in [9.17, 15) is 4.79 Å². The summed E-state index contributed by atoms with van der Waals surface area (Å²) in [4.78, 5) is 14.3. The molecule has 24 heavy (non-hydrogen) atoms. The molecule has 2 aromatic rings. The van der Waals surface area contributed by atoms with Gasteiger partial charge in [0.15, 0.2) is 5.60 Å². The second-order valence-corrected chi connectivity index (χ2v) is 6.67. The first-order chi connectivity index (χ1) is 11.1. The molecule has 0 amide bonds. The van der Waals surface area contributed by atoms with Crippen LogP contribution >= 0.6 is 0 Å². The molecule has 2 unspecified atom stereocenters. The standard InChI is InChI=1S/C20H21NO2.ClH/c1-14-7-9-16(10-8-14)20(23-15(2)22)13-21-12-11-18(20)17-5-3-4-6-19(17)21;/h3-10,18H,11-13H2,1-2H3;1H/p-1. The number of nitrogens with zero attached hydrogens (tertiary/aromatic N) is 1. The topological polar surface area (TPSA) is 29.5 Å². The van der Waals surface area contributed by atoms with Crippen molar-refractivity contribution in [1.29, 1.82) is 0 Å². The Labute approximate surface area is 149 Å². The average Bonchev–Trinajstić information content (AvgIpc) is 2.55. The van der Waals surface area contributed by atoms with Crippen LogP contribution in [0.3, 0.4) is 0 Å². The molecule has 5 rings (SSSR count). The molecule has 0 aliphatic carbocycles. The fourth-order valence-corrected chi connectivity index (χ4v) is 4.22. The van der Waals surface area contributed by atoms with Crippen molar-refractivity contribution in [3.63, 3.8) is 0 Å². The number of aryl methyl sites for hydroxylation is 1. The molecular weight excluding hydrogens is 322 g/mol. The van der Waals surface area contributed by atoms with E-state index >= 15 is 0 Å². The first-order valence-corrected chi connectivity index (χ1v) is 8.21. The first kappa shape index (κ1) is 16.8. The van der Waals surface area contributed by atoms with Crippen molar-refractivity contribution in [3.05, 3.63) is 65.2 Å². The first-order valence-electron chi connectivity index (χ1n) is 8.21. The third-order valence-corrected chi connectivity index (χ3v) is 5.20. The number of hydrogen-bond donors (Lipinski definition) is 0. The fourth-order valence-electron chi connectivity index (χ4n) is 4.22. The van der Waals surface area contributed by atoms with Crippen LogP contribution in [0.5, 0.6) is 0 Å². The van der Waals surface area contributed by atoms with E-state index in [4.69, 9.17) is 4.74 Å².